The molecule has 0 radical (unpaired) electrons. The molecule has 0 spiro atoms. The van der Waals surface area contributed by atoms with Crippen LogP contribution < -0.4 is 4.74 Å². The summed E-state index contributed by atoms with van der Waals surface area (Å²) in [4.78, 5) is 3.85. The maximum Gasteiger partial charge on any atom is 0.147 e. The van der Waals surface area contributed by atoms with E-state index in [4.69, 9.17) is 27.9 Å². The van der Waals surface area contributed by atoms with Gasteiger partial charge in [-0.15, -0.1) is 0 Å². The van der Waals surface area contributed by atoms with Crippen molar-refractivity contribution in [2.24, 2.45) is 0 Å². The van der Waals surface area contributed by atoms with E-state index in [-0.39, 0.29) is 11.0 Å². The van der Waals surface area contributed by atoms with Crippen LogP contribution in [0.2, 0.25) is 10.2 Å². The molecule has 5 heteroatoms. The minimum absolute atomic E-state index is 0.237. The SMILES string of the molecule is Fc1ccc(COc2cnc(Cl)c(Cl)c2)cc1. The minimum Gasteiger partial charge on any atom is -0.487 e. The van der Waals surface area contributed by atoms with Gasteiger partial charge in [0.05, 0.1) is 11.2 Å². The Hall–Kier alpha value is -1.32. The number of aromatic nitrogens is 1. The number of ether oxygens (including phenoxy) is 1. The average Bonchev–Trinajstić information content (AvgIpc) is 2.33. The summed E-state index contributed by atoms with van der Waals surface area (Å²) in [7, 11) is 0. The van der Waals surface area contributed by atoms with Gasteiger partial charge in [0, 0.05) is 6.07 Å². The van der Waals surface area contributed by atoms with E-state index in [0.29, 0.717) is 17.4 Å². The molecule has 0 unspecified atom stereocenters. The Morgan fingerprint density at radius 1 is 1.18 bits per heavy atom. The smallest absolute Gasteiger partial charge is 0.147 e. The number of halogens is 3. The van der Waals surface area contributed by atoms with Gasteiger partial charge in [-0.05, 0) is 17.7 Å². The molecule has 1 heterocycles. The van der Waals surface area contributed by atoms with Crippen LogP contribution in [0, 0.1) is 5.82 Å². The standard InChI is InChI=1S/C12H8Cl2FNO/c13-11-5-10(6-16-12(11)14)17-7-8-1-3-9(15)4-2-8/h1-6H,7H2. The van der Waals surface area contributed by atoms with Crippen LogP contribution in [0.25, 0.3) is 0 Å². The summed E-state index contributed by atoms with van der Waals surface area (Å²) in [5.41, 5.74) is 0.859. The monoisotopic (exact) mass is 271 g/mol. The number of hydrogen-bond donors (Lipinski definition) is 0. The molecule has 0 aliphatic rings. The predicted octanol–water partition coefficient (Wildman–Crippen LogP) is 4.11. The molecule has 1 aromatic carbocycles. The van der Waals surface area contributed by atoms with E-state index in [1.54, 1.807) is 18.2 Å². The molecule has 0 aliphatic heterocycles. The lowest BCUT2D eigenvalue weighted by Crippen LogP contribution is -1.96. The fourth-order valence-electron chi connectivity index (χ4n) is 1.23. The normalized spacial score (nSPS) is 10.3. The molecule has 0 N–H and O–H groups in total. The van der Waals surface area contributed by atoms with Gasteiger partial charge in [-0.3, -0.25) is 0 Å². The largest absolute Gasteiger partial charge is 0.487 e. The van der Waals surface area contributed by atoms with Gasteiger partial charge in [-0.1, -0.05) is 35.3 Å². The molecule has 0 bridgehead atoms. The van der Waals surface area contributed by atoms with E-state index >= 15 is 0 Å². The van der Waals surface area contributed by atoms with E-state index in [1.165, 1.54) is 18.3 Å². The van der Waals surface area contributed by atoms with E-state index in [1.807, 2.05) is 0 Å². The van der Waals surface area contributed by atoms with Crippen LogP contribution in [0.5, 0.6) is 5.75 Å². The summed E-state index contributed by atoms with van der Waals surface area (Å²) >= 11 is 11.5. The third-order valence-corrected chi connectivity index (χ3v) is 2.78. The molecule has 0 saturated heterocycles. The molecule has 2 nitrogen and oxygen atoms in total. The van der Waals surface area contributed by atoms with Gasteiger partial charge >= 0.3 is 0 Å². The summed E-state index contributed by atoms with van der Waals surface area (Å²) in [5, 5.41) is 0.573. The Kier molecular flexibility index (Phi) is 3.82. The van der Waals surface area contributed by atoms with Gasteiger partial charge in [0.15, 0.2) is 0 Å². The summed E-state index contributed by atoms with van der Waals surface area (Å²) in [5.74, 6) is 0.244. The molecule has 2 aromatic rings. The number of benzene rings is 1. The highest BCUT2D eigenvalue weighted by atomic mass is 35.5. The number of nitrogens with zero attached hydrogens (tertiary/aromatic N) is 1. The van der Waals surface area contributed by atoms with Crippen LogP contribution in [0.1, 0.15) is 5.56 Å². The Labute approximate surface area is 108 Å². The van der Waals surface area contributed by atoms with Crippen molar-refractivity contribution in [3.8, 4) is 5.75 Å². The fraction of sp³-hybridized carbons (Fsp3) is 0.0833. The lowest BCUT2D eigenvalue weighted by molar-refractivity contribution is 0.305. The molecule has 2 rings (SSSR count). The van der Waals surface area contributed by atoms with E-state index in [2.05, 4.69) is 4.98 Å². The first-order chi connectivity index (χ1) is 8.15. The van der Waals surface area contributed by atoms with Crippen molar-refractivity contribution in [1.29, 1.82) is 0 Å². The van der Waals surface area contributed by atoms with Crippen LogP contribution >= 0.6 is 23.2 Å². The van der Waals surface area contributed by atoms with Crippen LogP contribution in [0.15, 0.2) is 36.5 Å². The van der Waals surface area contributed by atoms with Crippen molar-refractivity contribution in [2.75, 3.05) is 0 Å². The van der Waals surface area contributed by atoms with Gasteiger partial charge in [0.2, 0.25) is 0 Å². The zero-order chi connectivity index (χ0) is 12.3. The molecule has 0 saturated carbocycles. The predicted molar refractivity (Wildman–Crippen MR) is 65.0 cm³/mol. The zero-order valence-electron chi connectivity index (χ0n) is 8.66. The van der Waals surface area contributed by atoms with Gasteiger partial charge < -0.3 is 4.74 Å². The molecular weight excluding hydrogens is 264 g/mol. The third-order valence-electron chi connectivity index (χ3n) is 2.09. The van der Waals surface area contributed by atoms with Crippen molar-refractivity contribution in [1.82, 2.24) is 4.98 Å². The third kappa shape index (κ3) is 3.32. The minimum atomic E-state index is -0.273. The number of pyridine rings is 1. The van der Waals surface area contributed by atoms with E-state index < -0.39 is 0 Å². The molecule has 0 fully saturated rings. The topological polar surface area (TPSA) is 22.1 Å². The quantitative estimate of drug-likeness (QED) is 0.784. The lowest BCUT2D eigenvalue weighted by atomic mass is 10.2. The van der Waals surface area contributed by atoms with E-state index in [0.717, 1.165) is 5.56 Å². The van der Waals surface area contributed by atoms with Crippen molar-refractivity contribution >= 4 is 23.2 Å². The first kappa shape index (κ1) is 12.1. The first-order valence-corrected chi connectivity index (χ1v) is 5.59. The molecule has 88 valence electrons. The second-order valence-electron chi connectivity index (χ2n) is 3.36. The van der Waals surface area contributed by atoms with Crippen LogP contribution in [-0.2, 0) is 6.61 Å². The Bertz CT molecular complexity index is 516. The molecule has 1 aromatic heterocycles. The van der Waals surface area contributed by atoms with Gasteiger partial charge in [-0.25, -0.2) is 9.37 Å². The fourth-order valence-corrected chi connectivity index (χ4v) is 1.49. The summed E-state index contributed by atoms with van der Waals surface area (Å²) < 4.78 is 18.1. The van der Waals surface area contributed by atoms with Crippen molar-refractivity contribution in [3.05, 3.63) is 58.1 Å². The summed E-state index contributed by atoms with van der Waals surface area (Å²) in [6.45, 7) is 0.319. The molecule has 0 aliphatic carbocycles. The Morgan fingerprint density at radius 2 is 1.88 bits per heavy atom. The van der Waals surface area contributed by atoms with Crippen molar-refractivity contribution < 1.29 is 9.13 Å². The average molecular weight is 272 g/mol. The zero-order valence-corrected chi connectivity index (χ0v) is 10.2. The van der Waals surface area contributed by atoms with E-state index in [9.17, 15) is 4.39 Å². The molecule has 17 heavy (non-hydrogen) atoms. The second kappa shape index (κ2) is 5.34. The maximum atomic E-state index is 12.7. The molecule has 0 atom stereocenters. The first-order valence-electron chi connectivity index (χ1n) is 4.83. The Morgan fingerprint density at radius 3 is 2.53 bits per heavy atom. The van der Waals surface area contributed by atoms with Crippen LogP contribution in [0.3, 0.4) is 0 Å². The maximum absolute atomic E-state index is 12.7. The second-order valence-corrected chi connectivity index (χ2v) is 4.12. The summed E-state index contributed by atoms with van der Waals surface area (Å²) in [6, 6.07) is 7.65. The Balaban J connectivity index is 2.02. The number of rotatable bonds is 3. The lowest BCUT2D eigenvalue weighted by Gasteiger charge is -2.06. The highest BCUT2D eigenvalue weighted by Crippen LogP contribution is 2.24. The molecular formula is C12H8Cl2FNO. The van der Waals surface area contributed by atoms with Crippen molar-refractivity contribution in [2.45, 2.75) is 6.61 Å². The van der Waals surface area contributed by atoms with Crippen LogP contribution in [-0.4, -0.2) is 4.98 Å². The van der Waals surface area contributed by atoms with Gasteiger partial charge in [0.25, 0.3) is 0 Å². The van der Waals surface area contributed by atoms with Gasteiger partial charge in [-0.2, -0.15) is 0 Å². The number of hydrogen-bond acceptors (Lipinski definition) is 2. The van der Waals surface area contributed by atoms with Crippen LogP contribution in [0.4, 0.5) is 4.39 Å². The summed E-state index contributed by atoms with van der Waals surface area (Å²) in [6.07, 6.45) is 1.48. The van der Waals surface area contributed by atoms with Crippen molar-refractivity contribution in [3.63, 3.8) is 0 Å². The highest BCUT2D eigenvalue weighted by molar-refractivity contribution is 6.41. The van der Waals surface area contributed by atoms with Gasteiger partial charge in [0.1, 0.15) is 23.3 Å². The molecule has 0 amide bonds. The highest BCUT2D eigenvalue weighted by Gasteiger charge is 2.02.